The van der Waals surface area contributed by atoms with Crippen LogP contribution in [0.15, 0.2) is 0 Å². The average Bonchev–Trinajstić information content (AvgIpc) is 2.95. The van der Waals surface area contributed by atoms with E-state index in [1.54, 1.807) is 0 Å². The fourth-order valence-corrected chi connectivity index (χ4v) is 2.89. The highest BCUT2D eigenvalue weighted by atomic mass is 32.1. The molecular formula is C13H22N4O2S. The molecule has 1 unspecified atom stereocenters. The number of ether oxygens (including phenoxy) is 1. The van der Waals surface area contributed by atoms with Gasteiger partial charge in [0.15, 0.2) is 0 Å². The van der Waals surface area contributed by atoms with E-state index in [4.69, 9.17) is 4.74 Å². The SMILES string of the molecule is CCCNc1nnc(C(=O)NC(C)C2CCOCC2)s1. The van der Waals surface area contributed by atoms with Gasteiger partial charge >= 0.3 is 0 Å². The molecule has 1 aliphatic heterocycles. The molecule has 2 N–H and O–H groups in total. The Bertz CT molecular complexity index is 432. The molecule has 1 amide bonds. The highest BCUT2D eigenvalue weighted by Gasteiger charge is 2.23. The predicted molar refractivity (Wildman–Crippen MR) is 79.2 cm³/mol. The van der Waals surface area contributed by atoms with E-state index in [9.17, 15) is 4.79 Å². The molecule has 0 saturated carbocycles. The summed E-state index contributed by atoms with van der Waals surface area (Å²) in [6.45, 7) is 6.54. The summed E-state index contributed by atoms with van der Waals surface area (Å²) in [5.41, 5.74) is 0. The molecule has 0 spiro atoms. The van der Waals surface area contributed by atoms with Crippen LogP contribution in [0, 0.1) is 5.92 Å². The molecule has 1 aromatic heterocycles. The molecule has 1 aromatic rings. The number of rotatable bonds is 6. The van der Waals surface area contributed by atoms with E-state index < -0.39 is 0 Å². The Hall–Kier alpha value is -1.21. The molecule has 112 valence electrons. The number of anilines is 1. The minimum Gasteiger partial charge on any atom is -0.381 e. The fourth-order valence-electron chi connectivity index (χ4n) is 2.22. The number of amides is 1. The summed E-state index contributed by atoms with van der Waals surface area (Å²) in [5.74, 6) is 0.351. The van der Waals surface area contributed by atoms with E-state index in [0.29, 0.717) is 16.1 Å². The van der Waals surface area contributed by atoms with E-state index in [1.165, 1.54) is 11.3 Å². The third kappa shape index (κ3) is 4.14. The second kappa shape index (κ2) is 7.54. The molecule has 2 heterocycles. The van der Waals surface area contributed by atoms with Crippen LogP contribution in [-0.4, -0.2) is 41.9 Å². The zero-order valence-electron chi connectivity index (χ0n) is 12.0. The van der Waals surface area contributed by atoms with Crippen molar-refractivity contribution in [2.45, 2.75) is 39.2 Å². The lowest BCUT2D eigenvalue weighted by Crippen LogP contribution is -2.40. The van der Waals surface area contributed by atoms with Gasteiger partial charge in [0.05, 0.1) is 0 Å². The summed E-state index contributed by atoms with van der Waals surface area (Å²) in [6, 6.07) is 0.141. The second-order valence-corrected chi connectivity index (χ2v) is 6.03. The topological polar surface area (TPSA) is 76.1 Å². The van der Waals surface area contributed by atoms with Gasteiger partial charge in [0, 0.05) is 25.8 Å². The third-order valence-corrected chi connectivity index (χ3v) is 4.36. The minimum atomic E-state index is -0.133. The number of carbonyl (C=O) groups is 1. The van der Waals surface area contributed by atoms with E-state index in [2.05, 4.69) is 27.8 Å². The van der Waals surface area contributed by atoms with Crippen molar-refractivity contribution in [1.82, 2.24) is 15.5 Å². The van der Waals surface area contributed by atoms with Crippen molar-refractivity contribution in [2.24, 2.45) is 5.92 Å². The Kier molecular flexibility index (Phi) is 5.72. The summed E-state index contributed by atoms with van der Waals surface area (Å²) in [5, 5.41) is 15.2. The largest absolute Gasteiger partial charge is 0.381 e. The highest BCUT2D eigenvalue weighted by Crippen LogP contribution is 2.20. The standard InChI is InChI=1S/C13H22N4O2S/c1-3-6-14-13-17-16-12(20-13)11(18)15-9(2)10-4-7-19-8-5-10/h9-10H,3-8H2,1-2H3,(H,14,17)(H,15,18). The van der Waals surface area contributed by atoms with Gasteiger partial charge in [-0.3, -0.25) is 4.79 Å². The Labute approximate surface area is 123 Å². The van der Waals surface area contributed by atoms with Crippen LogP contribution >= 0.6 is 11.3 Å². The van der Waals surface area contributed by atoms with Crippen molar-refractivity contribution >= 4 is 22.4 Å². The lowest BCUT2D eigenvalue weighted by molar-refractivity contribution is 0.0538. The van der Waals surface area contributed by atoms with Gasteiger partial charge in [0.25, 0.3) is 5.91 Å². The van der Waals surface area contributed by atoms with Crippen molar-refractivity contribution in [2.75, 3.05) is 25.1 Å². The van der Waals surface area contributed by atoms with Gasteiger partial charge in [-0.15, -0.1) is 10.2 Å². The summed E-state index contributed by atoms with van der Waals surface area (Å²) in [4.78, 5) is 12.1. The number of hydrogen-bond donors (Lipinski definition) is 2. The molecule has 1 atom stereocenters. The van der Waals surface area contributed by atoms with Crippen LogP contribution in [-0.2, 0) is 4.74 Å². The maximum atomic E-state index is 12.1. The molecule has 0 bridgehead atoms. The normalized spacial score (nSPS) is 17.7. The molecular weight excluding hydrogens is 276 g/mol. The summed E-state index contributed by atoms with van der Waals surface area (Å²) < 4.78 is 5.34. The summed E-state index contributed by atoms with van der Waals surface area (Å²) in [6.07, 6.45) is 3.02. The van der Waals surface area contributed by atoms with Gasteiger partial charge in [-0.1, -0.05) is 18.3 Å². The van der Waals surface area contributed by atoms with Gasteiger partial charge < -0.3 is 15.4 Å². The third-order valence-electron chi connectivity index (χ3n) is 3.48. The first kappa shape index (κ1) is 15.2. The van der Waals surface area contributed by atoms with Gasteiger partial charge in [-0.25, -0.2) is 0 Å². The number of carbonyl (C=O) groups excluding carboxylic acids is 1. The van der Waals surface area contributed by atoms with Crippen LogP contribution in [0.1, 0.15) is 42.9 Å². The fraction of sp³-hybridized carbons (Fsp3) is 0.769. The zero-order chi connectivity index (χ0) is 14.4. The Morgan fingerprint density at radius 1 is 1.45 bits per heavy atom. The number of aromatic nitrogens is 2. The molecule has 0 aliphatic carbocycles. The lowest BCUT2D eigenvalue weighted by Gasteiger charge is -2.27. The van der Waals surface area contributed by atoms with Gasteiger partial charge in [0.1, 0.15) is 0 Å². The molecule has 20 heavy (non-hydrogen) atoms. The first-order valence-electron chi connectivity index (χ1n) is 7.16. The van der Waals surface area contributed by atoms with Crippen LogP contribution in [0.2, 0.25) is 0 Å². The molecule has 1 fully saturated rings. The molecule has 6 nitrogen and oxygen atoms in total. The maximum Gasteiger partial charge on any atom is 0.282 e. The van der Waals surface area contributed by atoms with Crippen LogP contribution in [0.4, 0.5) is 5.13 Å². The van der Waals surface area contributed by atoms with E-state index in [1.807, 2.05) is 6.92 Å². The first-order chi connectivity index (χ1) is 9.70. The van der Waals surface area contributed by atoms with Crippen molar-refractivity contribution in [3.8, 4) is 0 Å². The minimum absolute atomic E-state index is 0.133. The van der Waals surface area contributed by atoms with Gasteiger partial charge in [0.2, 0.25) is 10.1 Å². The van der Waals surface area contributed by atoms with Crippen molar-refractivity contribution in [3.63, 3.8) is 0 Å². The molecule has 1 aliphatic rings. The summed E-state index contributed by atoms with van der Waals surface area (Å²) >= 11 is 1.30. The average molecular weight is 298 g/mol. The quantitative estimate of drug-likeness (QED) is 0.839. The Morgan fingerprint density at radius 2 is 2.20 bits per heavy atom. The van der Waals surface area contributed by atoms with Crippen molar-refractivity contribution < 1.29 is 9.53 Å². The van der Waals surface area contributed by atoms with Crippen LogP contribution in [0.25, 0.3) is 0 Å². The van der Waals surface area contributed by atoms with Crippen LogP contribution in [0.5, 0.6) is 0 Å². The van der Waals surface area contributed by atoms with Crippen molar-refractivity contribution in [1.29, 1.82) is 0 Å². The maximum absolute atomic E-state index is 12.1. The molecule has 7 heteroatoms. The Balaban J connectivity index is 1.85. The molecule has 0 radical (unpaired) electrons. The second-order valence-electron chi connectivity index (χ2n) is 5.05. The first-order valence-corrected chi connectivity index (χ1v) is 7.98. The van der Waals surface area contributed by atoms with Gasteiger partial charge in [-0.2, -0.15) is 0 Å². The smallest absolute Gasteiger partial charge is 0.282 e. The van der Waals surface area contributed by atoms with Gasteiger partial charge in [-0.05, 0) is 32.1 Å². The van der Waals surface area contributed by atoms with E-state index in [-0.39, 0.29) is 11.9 Å². The molecule has 0 aromatic carbocycles. The molecule has 2 rings (SSSR count). The lowest BCUT2D eigenvalue weighted by atomic mass is 9.93. The summed E-state index contributed by atoms with van der Waals surface area (Å²) in [7, 11) is 0. The number of nitrogens with one attached hydrogen (secondary N) is 2. The zero-order valence-corrected chi connectivity index (χ0v) is 12.8. The van der Waals surface area contributed by atoms with Crippen molar-refractivity contribution in [3.05, 3.63) is 5.01 Å². The number of hydrogen-bond acceptors (Lipinski definition) is 6. The highest BCUT2D eigenvalue weighted by molar-refractivity contribution is 7.17. The Morgan fingerprint density at radius 3 is 2.90 bits per heavy atom. The molecule has 1 saturated heterocycles. The number of nitrogens with zero attached hydrogens (tertiary/aromatic N) is 2. The van der Waals surface area contributed by atoms with Crippen LogP contribution < -0.4 is 10.6 Å². The van der Waals surface area contributed by atoms with E-state index in [0.717, 1.165) is 39.0 Å². The predicted octanol–water partition coefficient (Wildman–Crippen LogP) is 1.90. The van der Waals surface area contributed by atoms with E-state index >= 15 is 0 Å². The monoisotopic (exact) mass is 298 g/mol. The van der Waals surface area contributed by atoms with Crippen LogP contribution in [0.3, 0.4) is 0 Å².